The number of rotatable bonds is 5. The predicted molar refractivity (Wildman–Crippen MR) is 75.4 cm³/mol. The summed E-state index contributed by atoms with van der Waals surface area (Å²) in [5.41, 5.74) is 6.26. The first-order chi connectivity index (χ1) is 8.53. The summed E-state index contributed by atoms with van der Waals surface area (Å²) < 4.78 is 25.2. The average Bonchev–Trinajstić information content (AvgIpc) is 2.70. The molecule has 2 N–H and O–H groups in total. The fourth-order valence-electron chi connectivity index (χ4n) is 1.71. The Kier molecular flexibility index (Phi) is 3.99. The number of thiazole rings is 1. The van der Waals surface area contributed by atoms with Crippen molar-refractivity contribution in [3.05, 3.63) is 29.3 Å². The van der Waals surface area contributed by atoms with E-state index in [0.717, 1.165) is 10.2 Å². The molecule has 1 unspecified atom stereocenters. The van der Waals surface area contributed by atoms with Crippen molar-refractivity contribution in [1.29, 1.82) is 0 Å². The fraction of sp³-hybridized carbons (Fsp3) is 0.417. The van der Waals surface area contributed by atoms with Gasteiger partial charge in [0.1, 0.15) is 10.8 Å². The van der Waals surface area contributed by atoms with Crippen molar-refractivity contribution in [3.8, 4) is 0 Å². The normalized spacial score (nSPS) is 13.9. The molecule has 1 heterocycles. The largest absolute Gasteiger partial charge is 0.330 e. The number of sulfone groups is 1. The van der Waals surface area contributed by atoms with Crippen LogP contribution in [0.15, 0.2) is 24.3 Å². The van der Waals surface area contributed by atoms with Crippen molar-refractivity contribution >= 4 is 31.4 Å². The molecular weight excluding hydrogens is 268 g/mol. The molecule has 0 aliphatic carbocycles. The Labute approximate surface area is 111 Å². The van der Waals surface area contributed by atoms with Crippen LogP contribution in [-0.4, -0.2) is 25.2 Å². The van der Waals surface area contributed by atoms with Gasteiger partial charge in [0.15, 0.2) is 9.84 Å². The lowest BCUT2D eigenvalue weighted by Crippen LogP contribution is -2.22. The Balaban J connectivity index is 2.23. The smallest absolute Gasteiger partial charge is 0.159 e. The Morgan fingerprint density at radius 1 is 1.39 bits per heavy atom. The number of hydrogen-bond acceptors (Lipinski definition) is 5. The zero-order valence-electron chi connectivity index (χ0n) is 10.2. The monoisotopic (exact) mass is 284 g/mol. The maximum Gasteiger partial charge on any atom is 0.159 e. The van der Waals surface area contributed by atoms with Gasteiger partial charge in [-0.2, -0.15) is 0 Å². The van der Waals surface area contributed by atoms with E-state index in [2.05, 4.69) is 4.98 Å². The van der Waals surface area contributed by atoms with E-state index >= 15 is 0 Å². The van der Waals surface area contributed by atoms with Crippen molar-refractivity contribution in [2.45, 2.75) is 24.3 Å². The quantitative estimate of drug-likeness (QED) is 0.910. The van der Waals surface area contributed by atoms with Crippen molar-refractivity contribution in [2.75, 3.05) is 6.54 Å². The highest BCUT2D eigenvalue weighted by Crippen LogP contribution is 2.24. The molecule has 0 saturated carbocycles. The van der Waals surface area contributed by atoms with E-state index in [1.54, 1.807) is 6.92 Å². The number of nitrogens with two attached hydrogens (primary N) is 1. The second-order valence-electron chi connectivity index (χ2n) is 4.27. The second kappa shape index (κ2) is 5.34. The van der Waals surface area contributed by atoms with Crippen LogP contribution in [0, 0.1) is 0 Å². The third-order valence-electron chi connectivity index (χ3n) is 2.85. The summed E-state index contributed by atoms with van der Waals surface area (Å²) in [6, 6.07) is 7.67. The third kappa shape index (κ3) is 2.88. The number of fused-ring (bicyclic) bond motifs is 1. The van der Waals surface area contributed by atoms with Crippen LogP contribution in [0.5, 0.6) is 0 Å². The molecule has 0 fully saturated rings. The molecule has 98 valence electrons. The Morgan fingerprint density at radius 3 is 2.78 bits per heavy atom. The molecule has 0 aliphatic heterocycles. The van der Waals surface area contributed by atoms with Crippen LogP contribution < -0.4 is 5.73 Å². The zero-order chi connectivity index (χ0) is 13.2. The third-order valence-corrected chi connectivity index (χ3v) is 6.21. The van der Waals surface area contributed by atoms with Gasteiger partial charge in [-0.15, -0.1) is 11.3 Å². The van der Waals surface area contributed by atoms with Gasteiger partial charge in [0.05, 0.1) is 15.5 Å². The number of benzene rings is 1. The lowest BCUT2D eigenvalue weighted by Gasteiger charge is -2.09. The Morgan fingerprint density at radius 2 is 2.11 bits per heavy atom. The SMILES string of the molecule is CC(CCN)S(=O)(=O)Cc1nc2ccccc2s1. The van der Waals surface area contributed by atoms with Gasteiger partial charge in [0.2, 0.25) is 0 Å². The molecule has 2 aromatic rings. The van der Waals surface area contributed by atoms with E-state index in [1.165, 1.54) is 11.3 Å². The first-order valence-electron chi connectivity index (χ1n) is 5.79. The molecule has 0 spiro atoms. The maximum absolute atomic E-state index is 12.1. The summed E-state index contributed by atoms with van der Waals surface area (Å²) in [6.07, 6.45) is 0.493. The van der Waals surface area contributed by atoms with E-state index in [4.69, 9.17) is 5.73 Å². The minimum atomic E-state index is -3.16. The minimum Gasteiger partial charge on any atom is -0.330 e. The van der Waals surface area contributed by atoms with E-state index in [-0.39, 0.29) is 5.75 Å². The average molecular weight is 284 g/mol. The Bertz CT molecular complexity index is 601. The number of para-hydroxylation sites is 1. The van der Waals surface area contributed by atoms with Gasteiger partial charge in [-0.3, -0.25) is 0 Å². The zero-order valence-corrected chi connectivity index (χ0v) is 11.8. The highest BCUT2D eigenvalue weighted by atomic mass is 32.2. The van der Waals surface area contributed by atoms with E-state index in [1.807, 2.05) is 24.3 Å². The molecule has 1 aromatic carbocycles. The molecule has 4 nitrogen and oxygen atoms in total. The molecule has 0 saturated heterocycles. The molecule has 0 amide bonds. The van der Waals surface area contributed by atoms with Gasteiger partial charge in [0.25, 0.3) is 0 Å². The molecule has 1 atom stereocenters. The molecule has 0 aliphatic rings. The summed E-state index contributed by atoms with van der Waals surface area (Å²) in [5, 5.41) is 0.245. The number of hydrogen-bond donors (Lipinski definition) is 1. The summed E-state index contributed by atoms with van der Waals surface area (Å²) >= 11 is 1.44. The summed E-state index contributed by atoms with van der Waals surface area (Å²) in [7, 11) is -3.16. The number of aromatic nitrogens is 1. The summed E-state index contributed by atoms with van der Waals surface area (Å²) in [6.45, 7) is 2.09. The Hall–Kier alpha value is -0.980. The first kappa shape index (κ1) is 13.5. The van der Waals surface area contributed by atoms with Crippen molar-refractivity contribution < 1.29 is 8.42 Å². The highest BCUT2D eigenvalue weighted by Gasteiger charge is 2.22. The molecule has 0 bridgehead atoms. The van der Waals surface area contributed by atoms with Gasteiger partial charge >= 0.3 is 0 Å². The van der Waals surface area contributed by atoms with Crippen LogP contribution in [-0.2, 0) is 15.6 Å². The van der Waals surface area contributed by atoms with Crippen molar-refractivity contribution in [2.24, 2.45) is 5.73 Å². The first-order valence-corrected chi connectivity index (χ1v) is 8.32. The lowest BCUT2D eigenvalue weighted by atomic mass is 10.3. The van der Waals surface area contributed by atoms with Crippen molar-refractivity contribution in [3.63, 3.8) is 0 Å². The van der Waals surface area contributed by atoms with Crippen LogP contribution in [0.4, 0.5) is 0 Å². The minimum absolute atomic E-state index is 0.00745. The van der Waals surface area contributed by atoms with Gasteiger partial charge in [-0.25, -0.2) is 13.4 Å². The molecular formula is C12H16N2O2S2. The lowest BCUT2D eigenvalue weighted by molar-refractivity contribution is 0.577. The topological polar surface area (TPSA) is 73.1 Å². The van der Waals surface area contributed by atoms with Gasteiger partial charge in [0, 0.05) is 0 Å². The van der Waals surface area contributed by atoms with Crippen molar-refractivity contribution in [1.82, 2.24) is 4.98 Å². The molecule has 1 aromatic heterocycles. The van der Waals surface area contributed by atoms with Crippen LogP contribution >= 0.6 is 11.3 Å². The summed E-state index contributed by atoms with van der Waals surface area (Å²) in [4.78, 5) is 4.35. The molecule has 6 heteroatoms. The van der Waals surface area contributed by atoms with Crippen LogP contribution in [0.25, 0.3) is 10.2 Å². The molecule has 2 rings (SSSR count). The van der Waals surface area contributed by atoms with E-state index in [9.17, 15) is 8.42 Å². The van der Waals surface area contributed by atoms with Gasteiger partial charge < -0.3 is 5.73 Å². The molecule has 0 radical (unpaired) electrons. The van der Waals surface area contributed by atoms with Gasteiger partial charge in [-0.1, -0.05) is 12.1 Å². The number of nitrogens with zero attached hydrogens (tertiary/aromatic N) is 1. The second-order valence-corrected chi connectivity index (χ2v) is 7.80. The predicted octanol–water partition coefficient (Wildman–Crippen LogP) is 1.95. The highest BCUT2D eigenvalue weighted by molar-refractivity contribution is 7.91. The maximum atomic E-state index is 12.1. The summed E-state index contributed by atoms with van der Waals surface area (Å²) in [5.74, 6) is 0.00745. The van der Waals surface area contributed by atoms with Crippen LogP contribution in [0.3, 0.4) is 0 Å². The van der Waals surface area contributed by atoms with Gasteiger partial charge in [-0.05, 0) is 32.0 Å². The van der Waals surface area contributed by atoms with E-state index < -0.39 is 15.1 Å². The van der Waals surface area contributed by atoms with E-state index in [0.29, 0.717) is 18.0 Å². The fourth-order valence-corrected chi connectivity index (χ4v) is 4.39. The van der Waals surface area contributed by atoms with Crippen LogP contribution in [0.1, 0.15) is 18.4 Å². The molecule has 18 heavy (non-hydrogen) atoms. The standard InChI is InChI=1S/C12H16N2O2S2/c1-9(6-7-13)18(15,16)8-12-14-10-4-2-3-5-11(10)17-12/h2-5,9H,6-8,13H2,1H3. The van der Waals surface area contributed by atoms with Crippen LogP contribution in [0.2, 0.25) is 0 Å².